The first kappa shape index (κ1) is 13.7. The van der Waals surface area contributed by atoms with Gasteiger partial charge in [-0.15, -0.1) is 0 Å². The largest absolute Gasteiger partial charge is 0.353 e. The van der Waals surface area contributed by atoms with Gasteiger partial charge < -0.3 is 16.0 Å². The van der Waals surface area contributed by atoms with Crippen LogP contribution in [0.5, 0.6) is 0 Å². The van der Waals surface area contributed by atoms with Crippen molar-refractivity contribution in [2.75, 3.05) is 18.0 Å². The average molecular weight is 269 g/mol. The van der Waals surface area contributed by atoms with Crippen LogP contribution in [0.15, 0.2) is 12.1 Å². The summed E-state index contributed by atoms with van der Waals surface area (Å²) in [4.78, 5) is 13.2. The van der Waals surface area contributed by atoms with E-state index in [-0.39, 0.29) is 18.1 Å². The summed E-state index contributed by atoms with van der Waals surface area (Å²) in [5.41, 5.74) is 5.64. The van der Waals surface area contributed by atoms with Crippen molar-refractivity contribution in [2.24, 2.45) is 5.73 Å². The molecular weight excluding hydrogens is 252 g/mol. The summed E-state index contributed by atoms with van der Waals surface area (Å²) < 4.78 is 28.1. The topological polar surface area (TPSA) is 58.4 Å². The van der Waals surface area contributed by atoms with Crippen molar-refractivity contribution in [1.82, 2.24) is 5.32 Å². The van der Waals surface area contributed by atoms with Crippen LogP contribution in [0.2, 0.25) is 0 Å². The Bertz CT molecular complexity index is 470. The van der Waals surface area contributed by atoms with Crippen molar-refractivity contribution in [1.29, 1.82) is 0 Å². The molecule has 1 atom stereocenters. The third-order valence-electron chi connectivity index (χ3n) is 3.32. The Morgan fingerprint density at radius 1 is 1.42 bits per heavy atom. The fourth-order valence-corrected chi connectivity index (χ4v) is 2.40. The molecule has 0 bridgehead atoms. The van der Waals surface area contributed by atoms with Gasteiger partial charge in [-0.05, 0) is 24.1 Å². The Labute approximate surface area is 110 Å². The summed E-state index contributed by atoms with van der Waals surface area (Å²) in [6.45, 7) is 2.66. The summed E-state index contributed by atoms with van der Waals surface area (Å²) >= 11 is 0. The van der Waals surface area contributed by atoms with Crippen molar-refractivity contribution in [3.8, 4) is 0 Å². The number of rotatable bonds is 3. The van der Waals surface area contributed by atoms with Gasteiger partial charge >= 0.3 is 0 Å². The Balaban J connectivity index is 2.42. The maximum atomic E-state index is 14.1. The van der Waals surface area contributed by atoms with Gasteiger partial charge in [0.25, 0.3) is 0 Å². The zero-order valence-corrected chi connectivity index (χ0v) is 10.7. The highest BCUT2D eigenvalue weighted by atomic mass is 19.1. The molecule has 3 N–H and O–H groups in total. The number of carbonyl (C=O) groups is 1. The predicted octanol–water partition coefficient (Wildman–Crippen LogP) is 1.14. The van der Waals surface area contributed by atoms with E-state index in [9.17, 15) is 13.6 Å². The highest BCUT2D eigenvalue weighted by molar-refractivity contribution is 5.86. The molecule has 1 saturated heterocycles. The zero-order chi connectivity index (χ0) is 14.0. The summed E-state index contributed by atoms with van der Waals surface area (Å²) in [7, 11) is 0. The molecule has 1 amide bonds. The fourth-order valence-electron chi connectivity index (χ4n) is 2.40. The molecule has 0 radical (unpaired) electrons. The van der Waals surface area contributed by atoms with Gasteiger partial charge in [-0.3, -0.25) is 4.79 Å². The minimum absolute atomic E-state index is 0.0752. The summed E-state index contributed by atoms with van der Waals surface area (Å²) in [6, 6.07) is 1.90. The molecule has 2 rings (SSSR count). The quantitative estimate of drug-likeness (QED) is 0.865. The third kappa shape index (κ3) is 2.53. The Hall–Kier alpha value is -1.69. The molecule has 4 nitrogen and oxygen atoms in total. The van der Waals surface area contributed by atoms with Gasteiger partial charge in [-0.25, -0.2) is 8.78 Å². The Morgan fingerprint density at radius 2 is 2.05 bits per heavy atom. The van der Waals surface area contributed by atoms with Crippen LogP contribution in [0, 0.1) is 11.6 Å². The highest BCUT2D eigenvalue weighted by Gasteiger charge is 2.31. The van der Waals surface area contributed by atoms with E-state index >= 15 is 0 Å². The summed E-state index contributed by atoms with van der Waals surface area (Å²) in [5.74, 6) is -1.54. The van der Waals surface area contributed by atoms with Crippen molar-refractivity contribution in [3.63, 3.8) is 0 Å². The fraction of sp³-hybridized carbons (Fsp3) is 0.462. The van der Waals surface area contributed by atoms with Gasteiger partial charge in [0.05, 0.1) is 0 Å². The molecule has 6 heteroatoms. The van der Waals surface area contributed by atoms with Crippen molar-refractivity contribution >= 4 is 11.6 Å². The maximum Gasteiger partial charge on any atom is 0.242 e. The Morgan fingerprint density at radius 3 is 2.58 bits per heavy atom. The van der Waals surface area contributed by atoms with E-state index in [1.807, 2.05) is 6.92 Å². The number of carbonyl (C=O) groups excluding carboxylic acids is 1. The zero-order valence-electron chi connectivity index (χ0n) is 10.7. The van der Waals surface area contributed by atoms with Gasteiger partial charge in [0, 0.05) is 19.6 Å². The van der Waals surface area contributed by atoms with Gasteiger partial charge in [0.15, 0.2) is 0 Å². The normalized spacial score (nSPS) is 19.5. The van der Waals surface area contributed by atoms with E-state index in [0.717, 1.165) is 0 Å². The van der Waals surface area contributed by atoms with E-state index in [0.29, 0.717) is 25.1 Å². The molecule has 1 aliphatic rings. The van der Waals surface area contributed by atoms with E-state index in [1.165, 1.54) is 17.0 Å². The molecule has 0 saturated carbocycles. The van der Waals surface area contributed by atoms with Crippen LogP contribution in [0.3, 0.4) is 0 Å². The minimum atomic E-state index is -0.673. The van der Waals surface area contributed by atoms with Crippen LogP contribution in [-0.2, 0) is 11.3 Å². The molecule has 1 aliphatic heterocycles. The van der Waals surface area contributed by atoms with Crippen LogP contribution < -0.4 is 16.0 Å². The van der Waals surface area contributed by atoms with E-state index in [2.05, 4.69) is 5.32 Å². The number of nitrogens with two attached hydrogens (primary N) is 1. The lowest BCUT2D eigenvalue weighted by atomic mass is 10.1. The molecule has 0 aromatic heterocycles. The maximum absolute atomic E-state index is 14.1. The third-order valence-corrected chi connectivity index (χ3v) is 3.32. The van der Waals surface area contributed by atoms with Crippen LogP contribution in [-0.4, -0.2) is 25.0 Å². The van der Waals surface area contributed by atoms with Gasteiger partial charge in [-0.1, -0.05) is 6.92 Å². The van der Waals surface area contributed by atoms with Crippen molar-refractivity contribution in [3.05, 3.63) is 29.3 Å². The first-order valence-corrected chi connectivity index (χ1v) is 6.30. The number of amides is 1. The monoisotopic (exact) mass is 269 g/mol. The van der Waals surface area contributed by atoms with E-state index in [1.54, 1.807) is 0 Å². The first-order valence-electron chi connectivity index (χ1n) is 6.30. The van der Waals surface area contributed by atoms with Crippen LogP contribution in [0.1, 0.15) is 18.9 Å². The molecule has 0 aliphatic carbocycles. The minimum Gasteiger partial charge on any atom is -0.353 e. The van der Waals surface area contributed by atoms with Crippen molar-refractivity contribution in [2.45, 2.75) is 25.9 Å². The van der Waals surface area contributed by atoms with E-state index in [4.69, 9.17) is 5.73 Å². The number of nitrogens with one attached hydrogen (secondary N) is 1. The van der Waals surface area contributed by atoms with Gasteiger partial charge in [-0.2, -0.15) is 0 Å². The van der Waals surface area contributed by atoms with Gasteiger partial charge in [0.2, 0.25) is 5.91 Å². The SMILES string of the molecule is CCC1C(=O)NCCN1c1c(F)cc(CN)cc1F. The van der Waals surface area contributed by atoms with Crippen LogP contribution in [0.4, 0.5) is 14.5 Å². The number of anilines is 1. The molecule has 19 heavy (non-hydrogen) atoms. The molecule has 104 valence electrons. The molecule has 0 spiro atoms. The lowest BCUT2D eigenvalue weighted by Crippen LogP contribution is -2.55. The Kier molecular flexibility index (Phi) is 3.99. The lowest BCUT2D eigenvalue weighted by molar-refractivity contribution is -0.123. The standard InChI is InChI=1S/C13H17F2N3O/c1-2-11-13(19)17-3-4-18(11)12-9(14)5-8(7-16)6-10(12)15/h5-6,11H,2-4,7,16H2,1H3,(H,17,19). The number of nitrogens with zero attached hydrogens (tertiary/aromatic N) is 1. The number of halogens is 2. The molecule has 1 aromatic carbocycles. The second kappa shape index (κ2) is 5.52. The second-order valence-electron chi connectivity index (χ2n) is 4.52. The number of hydrogen-bond donors (Lipinski definition) is 2. The highest BCUT2D eigenvalue weighted by Crippen LogP contribution is 2.28. The number of piperazine rings is 1. The first-order chi connectivity index (χ1) is 9.08. The average Bonchev–Trinajstić information content (AvgIpc) is 2.38. The van der Waals surface area contributed by atoms with Gasteiger partial charge in [0.1, 0.15) is 23.4 Å². The lowest BCUT2D eigenvalue weighted by Gasteiger charge is -2.36. The summed E-state index contributed by atoms with van der Waals surface area (Å²) in [5, 5.41) is 2.70. The van der Waals surface area contributed by atoms with Crippen molar-refractivity contribution < 1.29 is 13.6 Å². The second-order valence-corrected chi connectivity index (χ2v) is 4.52. The molecule has 1 fully saturated rings. The number of benzene rings is 1. The molecular formula is C13H17F2N3O. The summed E-state index contributed by atoms with van der Waals surface area (Å²) in [6.07, 6.45) is 0.489. The smallest absolute Gasteiger partial charge is 0.242 e. The van der Waals surface area contributed by atoms with Crippen LogP contribution >= 0.6 is 0 Å². The molecule has 1 aromatic rings. The van der Waals surface area contributed by atoms with E-state index < -0.39 is 17.7 Å². The van der Waals surface area contributed by atoms with Crippen LogP contribution in [0.25, 0.3) is 0 Å². The molecule has 1 heterocycles. The predicted molar refractivity (Wildman–Crippen MR) is 68.7 cm³/mol. The molecule has 1 unspecified atom stereocenters. The number of hydrogen-bond acceptors (Lipinski definition) is 3.